The topological polar surface area (TPSA) is 26.3 Å². The van der Waals surface area contributed by atoms with Crippen LogP contribution in [0.25, 0.3) is 0 Å². The van der Waals surface area contributed by atoms with E-state index in [0.717, 1.165) is 19.3 Å². The molecule has 0 bridgehead atoms. The van der Waals surface area contributed by atoms with E-state index in [1.807, 2.05) is 42.5 Å². The summed E-state index contributed by atoms with van der Waals surface area (Å²) in [7, 11) is 0. The van der Waals surface area contributed by atoms with Crippen molar-refractivity contribution in [3.8, 4) is 0 Å². The minimum Gasteiger partial charge on any atom is -0.463 e. The fourth-order valence-electron chi connectivity index (χ4n) is 2.61. The minimum absolute atomic E-state index is 0.278. The molecule has 2 nitrogen and oxygen atoms in total. The highest BCUT2D eigenvalue weighted by Crippen LogP contribution is 2.08. The Morgan fingerprint density at radius 3 is 1.69 bits per heavy atom. The maximum absolute atomic E-state index is 11.4. The number of allylic oxidation sites excluding steroid dienone is 11. The summed E-state index contributed by atoms with van der Waals surface area (Å²) in [5.74, 6) is -0.278. The van der Waals surface area contributed by atoms with Gasteiger partial charge in [-0.3, -0.25) is 0 Å². The highest BCUT2D eigenvalue weighted by molar-refractivity contribution is 5.82. The molecular formula is C27H42O2. The zero-order valence-corrected chi connectivity index (χ0v) is 18.7. The van der Waals surface area contributed by atoms with Crippen LogP contribution in [0.5, 0.6) is 0 Å². The quantitative estimate of drug-likeness (QED) is 0.101. The van der Waals surface area contributed by atoms with Gasteiger partial charge in [0.25, 0.3) is 0 Å². The predicted octanol–water partition coefficient (Wildman–Crippen LogP) is 8.20. The van der Waals surface area contributed by atoms with Gasteiger partial charge >= 0.3 is 5.97 Å². The number of esters is 1. The maximum Gasteiger partial charge on any atom is 0.330 e. The van der Waals surface area contributed by atoms with Gasteiger partial charge < -0.3 is 4.74 Å². The zero-order valence-electron chi connectivity index (χ0n) is 18.7. The first-order chi connectivity index (χ1) is 14.3. The molecule has 0 unspecified atom stereocenters. The van der Waals surface area contributed by atoms with Crippen LogP contribution in [0.15, 0.2) is 72.9 Å². The lowest BCUT2D eigenvalue weighted by molar-refractivity contribution is -0.137. The number of carbonyl (C=O) groups excluding carboxylic acids is 1. The van der Waals surface area contributed by atoms with Gasteiger partial charge in [0.2, 0.25) is 0 Å². The minimum atomic E-state index is -0.278. The molecule has 0 aromatic rings. The molecule has 0 saturated carbocycles. The van der Waals surface area contributed by atoms with Gasteiger partial charge in [0.1, 0.15) is 0 Å². The molecule has 0 atom stereocenters. The van der Waals surface area contributed by atoms with Crippen molar-refractivity contribution in [2.45, 2.75) is 84.5 Å². The van der Waals surface area contributed by atoms with Crippen LogP contribution in [-0.4, -0.2) is 12.6 Å². The van der Waals surface area contributed by atoms with Gasteiger partial charge in [-0.25, -0.2) is 4.79 Å². The third-order valence-corrected chi connectivity index (χ3v) is 4.33. The van der Waals surface area contributed by atoms with Gasteiger partial charge in [-0.1, -0.05) is 132 Å². The molecule has 0 N–H and O–H groups in total. The average Bonchev–Trinajstić information content (AvgIpc) is 2.73. The molecule has 29 heavy (non-hydrogen) atoms. The summed E-state index contributed by atoms with van der Waals surface area (Å²) in [6, 6.07) is 0. The monoisotopic (exact) mass is 398 g/mol. The first kappa shape index (κ1) is 26.9. The molecule has 0 spiro atoms. The van der Waals surface area contributed by atoms with Crippen LogP contribution < -0.4 is 0 Å². The summed E-state index contributed by atoms with van der Waals surface area (Å²) in [5.41, 5.74) is 0. The summed E-state index contributed by atoms with van der Waals surface area (Å²) in [4.78, 5) is 11.4. The van der Waals surface area contributed by atoms with Gasteiger partial charge in [0.15, 0.2) is 0 Å². The molecule has 0 fully saturated rings. The van der Waals surface area contributed by atoms with Crippen LogP contribution in [0.2, 0.25) is 0 Å². The van der Waals surface area contributed by atoms with Crippen LogP contribution in [0, 0.1) is 0 Å². The second kappa shape index (κ2) is 23.9. The normalized spacial score (nSPS) is 12.8. The van der Waals surface area contributed by atoms with Crippen molar-refractivity contribution in [3.63, 3.8) is 0 Å². The molecule has 2 heteroatoms. The molecule has 0 rings (SSSR count). The average molecular weight is 399 g/mol. The molecule has 0 aromatic heterocycles. The van der Waals surface area contributed by atoms with Crippen molar-refractivity contribution < 1.29 is 9.53 Å². The molecule has 0 aliphatic rings. The largest absolute Gasteiger partial charge is 0.463 e. The van der Waals surface area contributed by atoms with Gasteiger partial charge in [-0.05, 0) is 19.3 Å². The van der Waals surface area contributed by atoms with E-state index in [2.05, 4.69) is 32.1 Å². The predicted molar refractivity (Wildman–Crippen MR) is 128 cm³/mol. The second-order valence-corrected chi connectivity index (χ2v) is 7.11. The van der Waals surface area contributed by atoms with Crippen molar-refractivity contribution >= 4 is 5.97 Å². The number of hydrogen-bond acceptors (Lipinski definition) is 2. The van der Waals surface area contributed by atoms with Crippen LogP contribution in [-0.2, 0) is 9.53 Å². The SMILES string of the molecule is CCCCCCCCCC=CC=CC=CC=CC=CC=CC(=O)OCCCCC. The molecule has 0 amide bonds. The molecule has 0 aliphatic heterocycles. The number of rotatable bonds is 18. The lowest BCUT2D eigenvalue weighted by Gasteiger charge is -1.99. The zero-order chi connectivity index (χ0) is 21.3. The lowest BCUT2D eigenvalue weighted by Crippen LogP contribution is -2.01. The van der Waals surface area contributed by atoms with E-state index in [1.54, 1.807) is 6.08 Å². The Balaban J connectivity index is 3.67. The third-order valence-electron chi connectivity index (χ3n) is 4.33. The summed E-state index contributed by atoms with van der Waals surface area (Å²) in [5, 5.41) is 0. The highest BCUT2D eigenvalue weighted by Gasteiger charge is 1.94. The molecule has 0 radical (unpaired) electrons. The Morgan fingerprint density at radius 1 is 0.586 bits per heavy atom. The van der Waals surface area contributed by atoms with E-state index in [4.69, 9.17) is 4.74 Å². The Morgan fingerprint density at radius 2 is 1.07 bits per heavy atom. The Kier molecular flexibility index (Phi) is 22.2. The molecule has 0 aromatic carbocycles. The number of hydrogen-bond donors (Lipinski definition) is 0. The number of carbonyl (C=O) groups is 1. The van der Waals surface area contributed by atoms with Crippen molar-refractivity contribution in [2.24, 2.45) is 0 Å². The van der Waals surface area contributed by atoms with E-state index >= 15 is 0 Å². The van der Waals surface area contributed by atoms with Crippen molar-refractivity contribution in [1.82, 2.24) is 0 Å². The summed E-state index contributed by atoms with van der Waals surface area (Å²) in [6.45, 7) is 4.89. The van der Waals surface area contributed by atoms with Crippen LogP contribution in [0.3, 0.4) is 0 Å². The van der Waals surface area contributed by atoms with Crippen molar-refractivity contribution in [1.29, 1.82) is 0 Å². The van der Waals surface area contributed by atoms with Crippen molar-refractivity contribution in [3.05, 3.63) is 72.9 Å². The van der Waals surface area contributed by atoms with Gasteiger partial charge in [-0.15, -0.1) is 0 Å². The first-order valence-corrected chi connectivity index (χ1v) is 11.5. The highest BCUT2D eigenvalue weighted by atomic mass is 16.5. The second-order valence-electron chi connectivity index (χ2n) is 7.11. The molecule has 0 heterocycles. The molecule has 0 aliphatic carbocycles. The summed E-state index contributed by atoms with van der Waals surface area (Å²) < 4.78 is 5.08. The van der Waals surface area contributed by atoms with Gasteiger partial charge in [0.05, 0.1) is 6.61 Å². The van der Waals surface area contributed by atoms with E-state index < -0.39 is 0 Å². The van der Waals surface area contributed by atoms with Crippen LogP contribution in [0.4, 0.5) is 0 Å². The summed E-state index contributed by atoms with van der Waals surface area (Å²) >= 11 is 0. The fourth-order valence-corrected chi connectivity index (χ4v) is 2.61. The van der Waals surface area contributed by atoms with Crippen LogP contribution in [0.1, 0.15) is 84.5 Å². The number of ether oxygens (including phenoxy) is 1. The van der Waals surface area contributed by atoms with E-state index in [-0.39, 0.29) is 5.97 Å². The smallest absolute Gasteiger partial charge is 0.330 e. The molecular weight excluding hydrogens is 356 g/mol. The van der Waals surface area contributed by atoms with Gasteiger partial charge in [0, 0.05) is 6.08 Å². The molecule has 162 valence electrons. The summed E-state index contributed by atoms with van der Waals surface area (Å²) in [6.07, 6.45) is 37.1. The standard InChI is InChI=1S/C27H42O2/c1-3-5-7-8-9-10-11-12-13-14-15-16-17-18-19-20-21-22-23-25-27(28)29-26-24-6-4-2/h13-23,25H,3-12,24,26H2,1-2H3. The maximum atomic E-state index is 11.4. The Labute approximate surface area is 179 Å². The fraction of sp³-hybridized carbons (Fsp3) is 0.519. The first-order valence-electron chi connectivity index (χ1n) is 11.5. The Hall–Kier alpha value is -2.09. The van der Waals surface area contributed by atoms with E-state index in [1.165, 1.54) is 57.4 Å². The number of unbranched alkanes of at least 4 members (excludes halogenated alkanes) is 9. The molecule has 0 saturated heterocycles. The van der Waals surface area contributed by atoms with Crippen LogP contribution >= 0.6 is 0 Å². The lowest BCUT2D eigenvalue weighted by atomic mass is 10.1. The van der Waals surface area contributed by atoms with E-state index in [9.17, 15) is 4.79 Å². The Bertz CT molecular complexity index is 533. The van der Waals surface area contributed by atoms with Gasteiger partial charge in [-0.2, -0.15) is 0 Å². The third kappa shape index (κ3) is 23.9. The van der Waals surface area contributed by atoms with Crippen molar-refractivity contribution in [2.75, 3.05) is 6.61 Å². The van der Waals surface area contributed by atoms with E-state index in [0.29, 0.717) is 6.61 Å².